The van der Waals surface area contributed by atoms with Crippen molar-refractivity contribution in [3.05, 3.63) is 81.5 Å². The summed E-state index contributed by atoms with van der Waals surface area (Å²) in [4.78, 5) is 37.3. The van der Waals surface area contributed by atoms with Crippen LogP contribution in [0.25, 0.3) is 22.3 Å². The van der Waals surface area contributed by atoms with Crippen LogP contribution in [0.4, 0.5) is 0 Å². The molecule has 9 nitrogen and oxygen atoms in total. The summed E-state index contributed by atoms with van der Waals surface area (Å²) in [7, 11) is 2.70. The Morgan fingerprint density at radius 3 is 2.39 bits per heavy atom. The number of carbonyl (C=O) groups is 2. The van der Waals surface area contributed by atoms with Gasteiger partial charge in [-0.15, -0.1) is 0 Å². The van der Waals surface area contributed by atoms with Crippen LogP contribution in [0, 0.1) is 0 Å². The number of benzene rings is 3. The molecule has 0 bridgehead atoms. The van der Waals surface area contributed by atoms with Gasteiger partial charge in [-0.25, -0.2) is 4.79 Å². The third-order valence-corrected chi connectivity index (χ3v) is 6.12. The highest BCUT2D eigenvalue weighted by molar-refractivity contribution is 5.93. The topological polar surface area (TPSA) is 132 Å². The molecule has 0 saturated heterocycles. The second-order valence-corrected chi connectivity index (χ2v) is 8.22. The molecule has 9 heteroatoms. The minimum Gasteiger partial charge on any atom is -0.507 e. The fraction of sp³-hybridized carbons (Fsp3) is 0.148. The van der Waals surface area contributed by atoms with Crippen LogP contribution in [0.2, 0.25) is 0 Å². The van der Waals surface area contributed by atoms with E-state index in [1.807, 2.05) is 0 Å². The Morgan fingerprint density at radius 2 is 1.72 bits per heavy atom. The van der Waals surface area contributed by atoms with Gasteiger partial charge < -0.3 is 28.8 Å². The van der Waals surface area contributed by atoms with Gasteiger partial charge in [-0.05, 0) is 35.9 Å². The minimum atomic E-state index is -0.585. The maximum atomic E-state index is 13.1. The molecule has 0 aliphatic carbocycles. The number of aromatic hydroxyl groups is 2. The molecule has 0 radical (unpaired) electrons. The largest absolute Gasteiger partial charge is 0.507 e. The first-order valence-corrected chi connectivity index (χ1v) is 10.9. The van der Waals surface area contributed by atoms with Gasteiger partial charge in [0.1, 0.15) is 28.2 Å². The van der Waals surface area contributed by atoms with E-state index >= 15 is 0 Å². The van der Waals surface area contributed by atoms with Crippen molar-refractivity contribution in [2.24, 2.45) is 0 Å². The Kier molecular flexibility index (Phi) is 5.60. The molecule has 2 heterocycles. The molecule has 1 aliphatic heterocycles. The first kappa shape index (κ1) is 23.0. The van der Waals surface area contributed by atoms with E-state index in [1.54, 1.807) is 30.3 Å². The van der Waals surface area contributed by atoms with E-state index in [0.717, 1.165) is 0 Å². The molecule has 3 aromatic carbocycles. The van der Waals surface area contributed by atoms with Crippen molar-refractivity contribution in [1.29, 1.82) is 0 Å². The summed E-state index contributed by atoms with van der Waals surface area (Å²) in [5.74, 6) is -1.70. The normalized spacial score (nSPS) is 14.7. The van der Waals surface area contributed by atoms with Crippen molar-refractivity contribution in [2.45, 2.75) is 12.3 Å². The highest BCUT2D eigenvalue weighted by Gasteiger charge is 2.33. The fourth-order valence-electron chi connectivity index (χ4n) is 4.40. The summed E-state index contributed by atoms with van der Waals surface area (Å²) >= 11 is 0. The van der Waals surface area contributed by atoms with Gasteiger partial charge in [-0.3, -0.25) is 9.59 Å². The molecule has 182 valence electrons. The van der Waals surface area contributed by atoms with Gasteiger partial charge in [0.2, 0.25) is 0 Å². The highest BCUT2D eigenvalue weighted by Crippen LogP contribution is 2.46. The Labute approximate surface area is 204 Å². The zero-order chi connectivity index (χ0) is 25.6. The average molecular weight is 488 g/mol. The molecule has 2 N–H and O–H groups in total. The molecule has 36 heavy (non-hydrogen) atoms. The minimum absolute atomic E-state index is 0.0531. The van der Waals surface area contributed by atoms with E-state index in [4.69, 9.17) is 18.6 Å². The Hall–Kier alpha value is -4.79. The Morgan fingerprint density at radius 1 is 0.972 bits per heavy atom. The fourth-order valence-corrected chi connectivity index (χ4v) is 4.40. The number of phenolic OH excluding ortho intramolecular Hbond substituents is 2. The molecule has 0 spiro atoms. The number of carbonyl (C=O) groups excluding carboxylic acids is 2. The number of ether oxygens (including phenoxy) is 3. The van der Waals surface area contributed by atoms with Crippen LogP contribution in [0.1, 0.15) is 33.8 Å². The lowest BCUT2D eigenvalue weighted by Gasteiger charge is -2.26. The first-order valence-electron chi connectivity index (χ1n) is 10.9. The van der Waals surface area contributed by atoms with Crippen LogP contribution >= 0.6 is 0 Å². The van der Waals surface area contributed by atoms with Crippen molar-refractivity contribution >= 4 is 22.9 Å². The molecule has 5 rings (SSSR count). The zero-order valence-electron chi connectivity index (χ0n) is 19.2. The number of esters is 2. The van der Waals surface area contributed by atoms with Crippen LogP contribution in [0.3, 0.4) is 0 Å². The van der Waals surface area contributed by atoms with Crippen LogP contribution in [0.15, 0.2) is 63.8 Å². The van der Waals surface area contributed by atoms with Gasteiger partial charge in [0, 0.05) is 29.2 Å². The van der Waals surface area contributed by atoms with Crippen LogP contribution in [-0.4, -0.2) is 36.4 Å². The summed E-state index contributed by atoms with van der Waals surface area (Å²) < 4.78 is 21.3. The summed E-state index contributed by atoms with van der Waals surface area (Å²) in [6, 6.07) is 13.5. The molecular formula is C27H20O9. The van der Waals surface area contributed by atoms with E-state index < -0.39 is 29.0 Å². The Balaban J connectivity index is 1.73. The van der Waals surface area contributed by atoms with Crippen molar-refractivity contribution < 1.29 is 38.4 Å². The van der Waals surface area contributed by atoms with Gasteiger partial charge in [0.25, 0.3) is 0 Å². The van der Waals surface area contributed by atoms with E-state index in [0.29, 0.717) is 22.3 Å². The van der Waals surface area contributed by atoms with Crippen LogP contribution in [0.5, 0.6) is 23.0 Å². The average Bonchev–Trinajstić information content (AvgIpc) is 2.87. The van der Waals surface area contributed by atoms with Gasteiger partial charge in [-0.1, -0.05) is 12.1 Å². The SMILES string of the molecule is COC(=O)c1ccc(C2CC(=O)Oc3cc(O)c4c(=O)cc(-c5ccc(OC)c(O)c5)oc4c32)cc1. The number of rotatable bonds is 4. The predicted octanol–water partition coefficient (Wildman–Crippen LogP) is 4.11. The number of methoxy groups -OCH3 is 2. The second-order valence-electron chi connectivity index (χ2n) is 8.22. The summed E-state index contributed by atoms with van der Waals surface area (Å²) in [6.45, 7) is 0. The lowest BCUT2D eigenvalue weighted by atomic mass is 9.84. The molecule has 1 atom stereocenters. The predicted molar refractivity (Wildman–Crippen MR) is 128 cm³/mol. The van der Waals surface area contributed by atoms with E-state index in [9.17, 15) is 24.6 Å². The smallest absolute Gasteiger partial charge is 0.337 e. The number of phenols is 2. The number of hydrogen-bond donors (Lipinski definition) is 2. The third-order valence-electron chi connectivity index (χ3n) is 6.12. The standard InChI is InChI=1S/C27H20O9/c1-33-20-8-7-15(9-17(20)28)21-11-18(29)25-19(30)12-22-24(26(25)36-21)16(10-23(31)35-22)13-3-5-14(6-4-13)27(32)34-2/h3-9,11-12,16,28,30H,10H2,1-2H3. The molecule has 4 aromatic rings. The summed E-state index contributed by atoms with van der Waals surface area (Å²) in [5, 5.41) is 20.7. The van der Waals surface area contributed by atoms with E-state index in [2.05, 4.69) is 0 Å². The van der Waals surface area contributed by atoms with Crippen LogP contribution in [-0.2, 0) is 9.53 Å². The van der Waals surface area contributed by atoms with Gasteiger partial charge in [0.05, 0.1) is 26.2 Å². The molecule has 0 saturated carbocycles. The number of fused-ring (bicyclic) bond motifs is 3. The third kappa shape index (κ3) is 3.80. The van der Waals surface area contributed by atoms with Gasteiger partial charge in [-0.2, -0.15) is 0 Å². The summed E-state index contributed by atoms with van der Waals surface area (Å²) in [5.41, 5.74) is 1.35. The lowest BCUT2D eigenvalue weighted by molar-refractivity contribution is -0.135. The molecular weight excluding hydrogens is 468 g/mol. The monoisotopic (exact) mass is 488 g/mol. The van der Waals surface area contributed by atoms with Crippen molar-refractivity contribution in [3.8, 4) is 34.3 Å². The Bertz CT molecular complexity index is 1580. The molecule has 1 aliphatic rings. The van der Waals surface area contributed by atoms with Crippen molar-refractivity contribution in [1.82, 2.24) is 0 Å². The first-order chi connectivity index (χ1) is 17.3. The molecule has 0 fully saturated rings. The quantitative estimate of drug-likeness (QED) is 0.322. The van der Waals surface area contributed by atoms with Crippen LogP contribution < -0.4 is 14.9 Å². The van der Waals surface area contributed by atoms with E-state index in [-0.39, 0.29) is 40.4 Å². The van der Waals surface area contributed by atoms with E-state index in [1.165, 1.54) is 38.5 Å². The molecule has 1 unspecified atom stereocenters. The molecule has 0 amide bonds. The zero-order valence-corrected chi connectivity index (χ0v) is 19.2. The highest BCUT2D eigenvalue weighted by atomic mass is 16.5. The number of hydrogen-bond acceptors (Lipinski definition) is 9. The van der Waals surface area contributed by atoms with Gasteiger partial charge in [0.15, 0.2) is 16.9 Å². The van der Waals surface area contributed by atoms with Crippen molar-refractivity contribution in [3.63, 3.8) is 0 Å². The maximum Gasteiger partial charge on any atom is 0.337 e. The summed E-state index contributed by atoms with van der Waals surface area (Å²) in [6.07, 6.45) is -0.0539. The van der Waals surface area contributed by atoms with Gasteiger partial charge >= 0.3 is 11.9 Å². The van der Waals surface area contributed by atoms with Crippen molar-refractivity contribution in [2.75, 3.05) is 14.2 Å². The molecule has 1 aromatic heterocycles. The second kappa shape index (κ2) is 8.77. The lowest BCUT2D eigenvalue weighted by Crippen LogP contribution is -2.22. The maximum absolute atomic E-state index is 13.1.